The van der Waals surface area contributed by atoms with Gasteiger partial charge in [0, 0.05) is 17.9 Å². The van der Waals surface area contributed by atoms with Crippen LogP contribution in [-0.4, -0.2) is 21.6 Å². The minimum absolute atomic E-state index is 0.0223. The number of para-hydroxylation sites is 1. The van der Waals surface area contributed by atoms with Gasteiger partial charge < -0.3 is 19.1 Å². The number of nitrogens with one attached hydrogen (secondary N) is 2. The number of amides is 1. The maximum Gasteiger partial charge on any atom is 0.225 e. The summed E-state index contributed by atoms with van der Waals surface area (Å²) in [4.78, 5) is 20.1. The Morgan fingerprint density at radius 2 is 1.82 bits per heavy atom. The number of nitrogens with zero attached hydrogens (tertiary/aromatic N) is 1. The molecule has 2 N–H and O–H groups in total. The smallest absolute Gasteiger partial charge is 0.225 e. The van der Waals surface area contributed by atoms with E-state index in [-0.39, 0.29) is 5.91 Å². The number of aromatic amines is 1. The number of aromatic nitrogens is 2. The lowest BCUT2D eigenvalue weighted by atomic mass is 10.2. The highest BCUT2D eigenvalue weighted by molar-refractivity contribution is 7.99. The second-order valence-electron chi connectivity index (χ2n) is 6.18. The molecule has 142 valence electrons. The van der Waals surface area contributed by atoms with Crippen molar-refractivity contribution in [3.63, 3.8) is 0 Å². The second-order valence-corrected chi connectivity index (χ2v) is 7.27. The predicted octanol–water partition coefficient (Wildman–Crippen LogP) is 5.36. The average Bonchev–Trinajstić information content (AvgIpc) is 3.44. The summed E-state index contributed by atoms with van der Waals surface area (Å²) in [5, 5.41) is 3.65. The normalized spacial score (nSPS) is 10.9. The van der Waals surface area contributed by atoms with Gasteiger partial charge in [-0.2, -0.15) is 0 Å². The Morgan fingerprint density at radius 1 is 1.07 bits per heavy atom. The van der Waals surface area contributed by atoms with E-state index in [0.29, 0.717) is 34.5 Å². The molecule has 3 aromatic heterocycles. The molecule has 0 fully saturated rings. The van der Waals surface area contributed by atoms with Crippen molar-refractivity contribution < 1.29 is 13.6 Å². The quantitative estimate of drug-likeness (QED) is 0.413. The first-order chi connectivity index (χ1) is 13.7. The summed E-state index contributed by atoms with van der Waals surface area (Å²) in [5.41, 5.74) is 3.33. The van der Waals surface area contributed by atoms with Gasteiger partial charge in [-0.05, 0) is 42.8 Å². The number of carbonyl (C=O) groups excluding carboxylic acids is 1. The van der Waals surface area contributed by atoms with Crippen molar-refractivity contribution in [2.45, 2.75) is 18.5 Å². The number of H-pyrrole nitrogens is 1. The lowest BCUT2D eigenvalue weighted by Gasteiger charge is -2.07. The molecule has 3 heterocycles. The molecule has 4 rings (SSSR count). The van der Waals surface area contributed by atoms with Crippen LogP contribution in [0.3, 0.4) is 0 Å². The number of anilines is 1. The standard InChI is InChI=1S/C21H19N3O3S/c1-14-6-2-3-7-15(14)22-18(25)10-13-28-21-23-19(16-8-4-11-26-16)20(24-21)17-9-5-12-27-17/h2-9,11-12H,10,13H2,1H3,(H,22,25)(H,23,24). The van der Waals surface area contributed by atoms with Crippen LogP contribution in [-0.2, 0) is 4.79 Å². The molecule has 6 nitrogen and oxygen atoms in total. The van der Waals surface area contributed by atoms with E-state index in [0.717, 1.165) is 16.9 Å². The van der Waals surface area contributed by atoms with Crippen molar-refractivity contribution in [1.29, 1.82) is 0 Å². The van der Waals surface area contributed by atoms with Gasteiger partial charge in [0.25, 0.3) is 0 Å². The van der Waals surface area contributed by atoms with Crippen molar-refractivity contribution in [2.75, 3.05) is 11.1 Å². The van der Waals surface area contributed by atoms with Crippen LogP contribution in [0, 0.1) is 6.92 Å². The molecule has 28 heavy (non-hydrogen) atoms. The van der Waals surface area contributed by atoms with Crippen molar-refractivity contribution >= 4 is 23.4 Å². The molecule has 0 aliphatic heterocycles. The van der Waals surface area contributed by atoms with Crippen molar-refractivity contribution in [1.82, 2.24) is 9.97 Å². The van der Waals surface area contributed by atoms with E-state index in [2.05, 4.69) is 15.3 Å². The average molecular weight is 393 g/mol. The van der Waals surface area contributed by atoms with Gasteiger partial charge in [0.2, 0.25) is 5.91 Å². The minimum atomic E-state index is -0.0223. The zero-order valence-corrected chi connectivity index (χ0v) is 16.1. The van der Waals surface area contributed by atoms with Crippen LogP contribution in [0.2, 0.25) is 0 Å². The summed E-state index contributed by atoms with van der Waals surface area (Å²) in [6, 6.07) is 15.1. The second kappa shape index (κ2) is 8.22. The summed E-state index contributed by atoms with van der Waals surface area (Å²) < 4.78 is 11.0. The molecule has 1 aromatic carbocycles. The van der Waals surface area contributed by atoms with Gasteiger partial charge in [0.05, 0.1) is 12.5 Å². The third-order valence-corrected chi connectivity index (χ3v) is 5.07. The molecule has 0 aliphatic carbocycles. The number of hydrogen-bond acceptors (Lipinski definition) is 5. The Kier molecular flexibility index (Phi) is 5.34. The molecule has 0 radical (unpaired) electrons. The third kappa shape index (κ3) is 4.04. The van der Waals surface area contributed by atoms with E-state index in [1.54, 1.807) is 12.5 Å². The SMILES string of the molecule is Cc1ccccc1NC(=O)CCSc1nc(-c2ccco2)c(-c2ccco2)[nH]1. The molecule has 1 amide bonds. The monoisotopic (exact) mass is 393 g/mol. The molecule has 0 saturated carbocycles. The van der Waals surface area contributed by atoms with Crippen molar-refractivity contribution in [2.24, 2.45) is 0 Å². The fourth-order valence-electron chi connectivity index (χ4n) is 2.78. The fourth-order valence-corrected chi connectivity index (χ4v) is 3.59. The molecular formula is C21H19N3O3S. The number of hydrogen-bond donors (Lipinski definition) is 2. The Balaban J connectivity index is 1.42. The van der Waals surface area contributed by atoms with Gasteiger partial charge in [-0.1, -0.05) is 30.0 Å². The highest BCUT2D eigenvalue weighted by Crippen LogP contribution is 2.33. The maximum absolute atomic E-state index is 12.2. The molecule has 0 spiro atoms. The first kappa shape index (κ1) is 18.2. The highest BCUT2D eigenvalue weighted by atomic mass is 32.2. The van der Waals surface area contributed by atoms with Crippen LogP contribution in [0.25, 0.3) is 22.9 Å². The predicted molar refractivity (Wildman–Crippen MR) is 109 cm³/mol. The van der Waals surface area contributed by atoms with Crippen LogP contribution in [0.4, 0.5) is 5.69 Å². The van der Waals surface area contributed by atoms with E-state index < -0.39 is 0 Å². The molecular weight excluding hydrogens is 374 g/mol. The Labute approximate surface area is 166 Å². The largest absolute Gasteiger partial charge is 0.463 e. The van der Waals surface area contributed by atoms with E-state index >= 15 is 0 Å². The Hall–Kier alpha value is -3.19. The summed E-state index contributed by atoms with van der Waals surface area (Å²) in [5.74, 6) is 1.92. The van der Waals surface area contributed by atoms with E-state index in [1.807, 2.05) is 55.5 Å². The van der Waals surface area contributed by atoms with E-state index in [4.69, 9.17) is 8.83 Å². The number of thioether (sulfide) groups is 1. The number of aryl methyl sites for hydroxylation is 1. The van der Waals surface area contributed by atoms with Crippen LogP contribution >= 0.6 is 11.8 Å². The minimum Gasteiger partial charge on any atom is -0.463 e. The zero-order chi connectivity index (χ0) is 19.3. The van der Waals surface area contributed by atoms with Crippen molar-refractivity contribution in [3.05, 3.63) is 66.6 Å². The topological polar surface area (TPSA) is 84.1 Å². The number of imidazole rings is 1. The first-order valence-corrected chi connectivity index (χ1v) is 9.85. The molecule has 4 aromatic rings. The van der Waals surface area contributed by atoms with Gasteiger partial charge in [-0.3, -0.25) is 4.79 Å². The Morgan fingerprint density at radius 3 is 2.54 bits per heavy atom. The molecule has 0 unspecified atom stereocenters. The van der Waals surface area contributed by atoms with E-state index in [9.17, 15) is 4.79 Å². The molecule has 0 saturated heterocycles. The molecule has 0 bridgehead atoms. The van der Waals surface area contributed by atoms with Gasteiger partial charge in [-0.15, -0.1) is 0 Å². The summed E-state index contributed by atoms with van der Waals surface area (Å²) in [7, 11) is 0. The number of carbonyl (C=O) groups is 1. The van der Waals surface area contributed by atoms with Gasteiger partial charge >= 0.3 is 0 Å². The van der Waals surface area contributed by atoms with Crippen LogP contribution < -0.4 is 5.32 Å². The van der Waals surface area contributed by atoms with E-state index in [1.165, 1.54) is 11.8 Å². The molecule has 7 heteroatoms. The van der Waals surface area contributed by atoms with Crippen molar-refractivity contribution in [3.8, 4) is 22.9 Å². The maximum atomic E-state index is 12.2. The number of benzene rings is 1. The summed E-state index contributed by atoms with van der Waals surface area (Å²) in [6.07, 6.45) is 3.61. The lowest BCUT2D eigenvalue weighted by Crippen LogP contribution is -2.12. The highest BCUT2D eigenvalue weighted by Gasteiger charge is 2.18. The zero-order valence-electron chi connectivity index (χ0n) is 15.3. The fraction of sp³-hybridized carbons (Fsp3) is 0.143. The summed E-state index contributed by atoms with van der Waals surface area (Å²) >= 11 is 1.48. The number of rotatable bonds is 7. The van der Waals surface area contributed by atoms with Crippen LogP contribution in [0.15, 0.2) is 75.0 Å². The summed E-state index contributed by atoms with van der Waals surface area (Å²) in [6.45, 7) is 1.97. The van der Waals surface area contributed by atoms with Gasteiger partial charge in [0.1, 0.15) is 11.4 Å². The molecule has 0 aliphatic rings. The third-order valence-electron chi connectivity index (χ3n) is 4.19. The molecule has 0 atom stereocenters. The van der Waals surface area contributed by atoms with Gasteiger partial charge in [0.15, 0.2) is 16.7 Å². The lowest BCUT2D eigenvalue weighted by molar-refractivity contribution is -0.115. The van der Waals surface area contributed by atoms with Crippen LogP contribution in [0.1, 0.15) is 12.0 Å². The first-order valence-electron chi connectivity index (χ1n) is 8.87. The van der Waals surface area contributed by atoms with Crippen LogP contribution in [0.5, 0.6) is 0 Å². The Bertz CT molecular complexity index is 1000. The number of furan rings is 2. The van der Waals surface area contributed by atoms with Gasteiger partial charge in [-0.25, -0.2) is 4.98 Å².